The third kappa shape index (κ3) is 27.1. The molecule has 18 nitrogen and oxygen atoms in total. The third-order valence-electron chi connectivity index (χ3n) is 45.2. The molecular weight excluding hydrogens is 1870 g/mol. The molecule has 0 aliphatic heterocycles. The van der Waals surface area contributed by atoms with Gasteiger partial charge < -0.3 is 42.6 Å². The van der Waals surface area contributed by atoms with Gasteiger partial charge >= 0.3 is 53.7 Å². The minimum Gasteiger partial charge on any atom is -0.462 e. The second kappa shape index (κ2) is 47.7. The predicted molar refractivity (Wildman–Crippen MR) is 593 cm³/mol. The van der Waals surface area contributed by atoms with Gasteiger partial charge in [-0.15, -0.1) is 0 Å². The first-order valence-electron chi connectivity index (χ1n) is 60.5. The van der Waals surface area contributed by atoms with Crippen LogP contribution in [-0.2, 0) is 85.8 Å². The van der Waals surface area contributed by atoms with E-state index in [1.807, 2.05) is 0 Å². The van der Waals surface area contributed by atoms with Crippen molar-refractivity contribution in [2.45, 2.75) is 491 Å². The largest absolute Gasteiger partial charge is 0.462 e. The number of carbonyl (C=O) groups excluding carboxylic acids is 9. The molecule has 0 aromatic heterocycles. The topological polar surface area (TPSA) is 237 Å². The summed E-state index contributed by atoms with van der Waals surface area (Å²) in [6.07, 6.45) is 78.1. The van der Waals surface area contributed by atoms with Gasteiger partial charge in [-0.2, -0.15) is 0 Å². The first kappa shape index (κ1) is 117. The minimum atomic E-state index is -0.274. The number of unbranched alkanes of at least 4 members (excludes halogenated alkanes) is 4. The number of esters is 9. The van der Waals surface area contributed by atoms with Crippen molar-refractivity contribution in [2.24, 2.45) is 149 Å². The number of carbonyl (C=O) groups is 9. The molecular formula is C132H200O18. The molecule has 0 saturated heterocycles. The van der Waals surface area contributed by atoms with Gasteiger partial charge in [-0.25, -0.2) is 43.2 Å². The summed E-state index contributed by atoms with van der Waals surface area (Å²) >= 11 is 0. The molecule has 836 valence electrons. The van der Waals surface area contributed by atoms with Crippen molar-refractivity contribution in [1.82, 2.24) is 0 Å². The molecule has 28 bridgehead atoms. The molecule has 0 amide bonds. The average molecular weight is 2080 g/mol. The van der Waals surface area contributed by atoms with E-state index in [2.05, 4.69) is 115 Å². The standard InChI is InChI=1S/C17H28O2.C16H24O2.C16H26O2.C15H22O2.2C14H20O2.C14H22O2.C13H18O2.C13H20O2/c1-4-5-6-7-16-8-11-17(12-9-16,13-10-16)19-15(18)14(2)3;1-11(2)15(17)18-4-3-16-8-12-5-13(9-16)7-14(6-12)10-16;1-3-5-6-7-15-8-11-16(12-9-15,13-10-15)18-14(17)4-2;1-10(2)14(16)17-9-15-6-11-3-12(7-15)5-13(4-11)8-15;1-9(2)13(15)16-14-6-10-3-11(7-14)5-12(4-10)8-14;1-2-13(15)16-9-14-6-10-3-11(7-14)5-12(4-10)8-14;1-9(2)12(15)16-11-8-10-6-7-14(11,5)13(10,3)4;1-2-12(14)15-13-6-9-3-10(7-13)5-11(4-9)8-13;1-5-11(14)15-10-8-9-6-7-13(10,4)12(9,2)3/h2,4-13H2,1,3H3;12-14H,1,3-10H2,2H3;4H,2-3,5-13H2,1H3;11-13H,1,3-9H2,2H3;10-12H,1,3-8H2,2H3;2,10-12H,1,3-9H2;10-11H,1,6-8H2,2-5H3;2,9-11H,1,3-8H2;5,9-10H,1,6-8H2,2-4H3. The number of ether oxygens (including phenoxy) is 9. The Morgan fingerprint density at radius 2 is 0.527 bits per heavy atom. The van der Waals surface area contributed by atoms with Crippen LogP contribution in [-0.4, -0.2) is 108 Å². The van der Waals surface area contributed by atoms with E-state index in [9.17, 15) is 43.2 Å². The molecule has 30 rings (SSSR count). The highest BCUT2D eigenvalue weighted by Gasteiger charge is 2.66. The maximum atomic E-state index is 11.8. The fraction of sp³-hybridized carbons (Fsp3) is 0.795. The number of hydrogen-bond acceptors (Lipinski definition) is 18. The van der Waals surface area contributed by atoms with Gasteiger partial charge in [0.2, 0.25) is 0 Å². The molecule has 0 aromatic carbocycles. The van der Waals surface area contributed by atoms with Gasteiger partial charge in [0, 0.05) is 73.8 Å². The zero-order valence-corrected chi connectivity index (χ0v) is 95.9. The quantitative estimate of drug-likeness (QED) is 0.0281. The van der Waals surface area contributed by atoms with Gasteiger partial charge in [0.1, 0.15) is 34.6 Å². The maximum Gasteiger partial charge on any atom is 0.333 e. The van der Waals surface area contributed by atoms with Crippen molar-refractivity contribution in [1.29, 1.82) is 0 Å². The first-order chi connectivity index (χ1) is 70.9. The summed E-state index contributed by atoms with van der Waals surface area (Å²) in [5.74, 6) is 12.8. The van der Waals surface area contributed by atoms with E-state index in [0.717, 1.165) is 185 Å². The number of hydrogen-bond donors (Lipinski definition) is 0. The summed E-state index contributed by atoms with van der Waals surface area (Å²) in [6.45, 7) is 61.0. The summed E-state index contributed by atoms with van der Waals surface area (Å²) in [5.41, 5.74) is 5.38. The summed E-state index contributed by atoms with van der Waals surface area (Å²) in [6, 6.07) is 0. The summed E-state index contributed by atoms with van der Waals surface area (Å²) in [7, 11) is 0. The van der Waals surface area contributed by atoms with Crippen LogP contribution in [0.3, 0.4) is 0 Å². The van der Waals surface area contributed by atoms with Crippen molar-refractivity contribution >= 4 is 53.7 Å². The third-order valence-corrected chi connectivity index (χ3v) is 45.2. The first-order valence-corrected chi connectivity index (χ1v) is 60.5. The van der Waals surface area contributed by atoms with Crippen LogP contribution in [0.15, 0.2) is 111 Å². The zero-order chi connectivity index (χ0) is 108. The van der Waals surface area contributed by atoms with Gasteiger partial charge in [0.05, 0.1) is 19.8 Å². The number of fused-ring (bicyclic) bond motifs is 10. The second-order valence-corrected chi connectivity index (χ2v) is 57.2. The van der Waals surface area contributed by atoms with Crippen LogP contribution < -0.4 is 0 Å². The predicted octanol–water partition coefficient (Wildman–Crippen LogP) is 31.1. The van der Waals surface area contributed by atoms with Crippen LogP contribution >= 0.6 is 0 Å². The van der Waals surface area contributed by atoms with Crippen molar-refractivity contribution in [3.63, 3.8) is 0 Å². The number of rotatable bonds is 30. The molecule has 6 unspecified atom stereocenters. The van der Waals surface area contributed by atoms with E-state index in [1.54, 1.807) is 34.6 Å². The van der Waals surface area contributed by atoms with E-state index >= 15 is 0 Å². The molecule has 30 aliphatic rings. The second-order valence-electron chi connectivity index (χ2n) is 57.2. The SMILES string of the molecule is C=C(C)C(=O)OC12CC3CC(CC(C3)C1)C2.C=C(C)C(=O)OC12CCC(CCCCC)(CC1)CC2.C=C(C)C(=O)OC1CC2CCC1(C)C2(C)C.C=C(C)C(=O)OCC12CC3CC(CC(C3)C1)C2.C=C(C)C(=O)OCCC12CC3CC(CC(C3)C1)C2.C=CC(=O)OC12CC3CC(CC(C3)C1)C2.C=CC(=O)OC12CCC(CCCCC)(CC1)CC2.C=CC(=O)OC1CC2CCC1(C)C2(C)C.C=CC(=O)OCC12CC3CC(CC(C3)C1)C2. The van der Waals surface area contributed by atoms with Gasteiger partial charge in [-0.05, 0) is 490 Å². The average Bonchev–Trinajstić information content (AvgIpc) is 1.56. The molecule has 30 aliphatic carbocycles. The van der Waals surface area contributed by atoms with E-state index in [4.69, 9.17) is 42.6 Å². The summed E-state index contributed by atoms with van der Waals surface area (Å²) in [5, 5.41) is 0. The van der Waals surface area contributed by atoms with Crippen molar-refractivity contribution in [3.8, 4) is 0 Å². The molecule has 0 heterocycles. The van der Waals surface area contributed by atoms with E-state index in [-0.39, 0.29) is 99.2 Å². The van der Waals surface area contributed by atoms with Crippen LogP contribution in [0.1, 0.15) is 456 Å². The Bertz CT molecular complexity index is 4690. The molecule has 18 heteroatoms. The van der Waals surface area contributed by atoms with E-state index < -0.39 is 0 Å². The van der Waals surface area contributed by atoms with Gasteiger partial charge in [-0.3, -0.25) is 0 Å². The van der Waals surface area contributed by atoms with Crippen molar-refractivity contribution < 1.29 is 85.8 Å². The lowest BCUT2D eigenvalue weighted by molar-refractivity contribution is -0.182. The molecule has 0 spiro atoms. The van der Waals surface area contributed by atoms with E-state index in [0.29, 0.717) is 97.4 Å². The molecule has 150 heavy (non-hydrogen) atoms. The molecule has 0 aromatic rings. The lowest BCUT2D eigenvalue weighted by atomic mass is 9.49. The Hall–Kier alpha value is -7.11. The van der Waals surface area contributed by atoms with Crippen LogP contribution in [0.25, 0.3) is 0 Å². The summed E-state index contributed by atoms with van der Waals surface area (Å²) in [4.78, 5) is 103. The van der Waals surface area contributed by atoms with Gasteiger partial charge in [-0.1, -0.05) is 153 Å². The fourth-order valence-corrected chi connectivity index (χ4v) is 38.1. The Morgan fingerprint density at radius 3 is 0.813 bits per heavy atom. The molecule has 30 saturated carbocycles. The monoisotopic (exact) mass is 2070 g/mol. The Labute approximate surface area is 905 Å². The Morgan fingerprint density at radius 1 is 0.260 bits per heavy atom. The van der Waals surface area contributed by atoms with Gasteiger partial charge in [0.15, 0.2) is 0 Å². The van der Waals surface area contributed by atoms with Gasteiger partial charge in [0.25, 0.3) is 0 Å². The van der Waals surface area contributed by atoms with Crippen LogP contribution in [0, 0.1) is 149 Å². The smallest absolute Gasteiger partial charge is 0.333 e. The minimum absolute atomic E-state index is 0.0884. The van der Waals surface area contributed by atoms with Crippen molar-refractivity contribution in [3.05, 3.63) is 111 Å². The molecule has 6 atom stereocenters. The van der Waals surface area contributed by atoms with Crippen LogP contribution in [0.4, 0.5) is 0 Å². The van der Waals surface area contributed by atoms with Crippen LogP contribution in [0.2, 0.25) is 0 Å². The maximum absolute atomic E-state index is 11.8. The molecule has 0 radical (unpaired) electrons. The fourth-order valence-electron chi connectivity index (χ4n) is 38.1. The highest BCUT2D eigenvalue weighted by atomic mass is 16.6. The van der Waals surface area contributed by atoms with E-state index in [1.165, 1.54) is 294 Å². The Kier molecular flexibility index (Phi) is 37.2. The highest BCUT2D eigenvalue weighted by molar-refractivity contribution is 5.89. The molecule has 30 fully saturated rings. The van der Waals surface area contributed by atoms with Crippen molar-refractivity contribution in [2.75, 3.05) is 19.8 Å². The lowest BCUT2D eigenvalue weighted by Crippen LogP contribution is -2.52. The zero-order valence-electron chi connectivity index (χ0n) is 95.9. The van der Waals surface area contributed by atoms with Crippen LogP contribution in [0.5, 0.6) is 0 Å². The Balaban J connectivity index is 0.000000126. The summed E-state index contributed by atoms with van der Waals surface area (Å²) < 4.78 is 50.0. The highest BCUT2D eigenvalue weighted by Crippen LogP contribution is 2.70. The molecule has 0 N–H and O–H groups in total. The lowest BCUT2D eigenvalue weighted by Gasteiger charge is -2.57. The normalized spacial score (nSPS) is 40.6.